The van der Waals surface area contributed by atoms with E-state index in [1.54, 1.807) is 0 Å². The number of benzene rings is 2. The van der Waals surface area contributed by atoms with Gasteiger partial charge in [-0.15, -0.1) is 0 Å². The van der Waals surface area contributed by atoms with E-state index in [2.05, 4.69) is 4.72 Å². The molecule has 0 aliphatic carbocycles. The van der Waals surface area contributed by atoms with E-state index in [0.29, 0.717) is 5.56 Å². The van der Waals surface area contributed by atoms with Crippen LogP contribution in [0.1, 0.15) is 36.0 Å². The summed E-state index contributed by atoms with van der Waals surface area (Å²) in [6, 6.07) is 11.1. The summed E-state index contributed by atoms with van der Waals surface area (Å²) in [5.41, 5.74) is 0.617. The van der Waals surface area contributed by atoms with Gasteiger partial charge in [-0.3, -0.25) is 9.52 Å². The van der Waals surface area contributed by atoms with Gasteiger partial charge in [0.2, 0.25) is 0 Å². The zero-order chi connectivity index (χ0) is 18.6. The second kappa shape index (κ2) is 7.86. The van der Waals surface area contributed by atoms with Crippen LogP contribution < -0.4 is 4.72 Å². The van der Waals surface area contributed by atoms with E-state index in [9.17, 15) is 17.6 Å². The Morgan fingerprint density at radius 3 is 2.23 bits per heavy atom. The van der Waals surface area contributed by atoms with Crippen molar-refractivity contribution in [2.45, 2.75) is 30.6 Å². The largest absolute Gasteiger partial charge is 0.339 e. The monoisotopic (exact) mass is 376 g/mol. The molecule has 5 nitrogen and oxygen atoms in total. The van der Waals surface area contributed by atoms with Crippen LogP contribution in [-0.2, 0) is 10.0 Å². The standard InChI is InChI=1S/C19H21FN2O3S/c20-16-6-5-7-17(14-16)21-26(24,25)18-10-8-15(9-11-18)19(23)22-12-3-1-2-4-13-22/h5-11,14,21H,1-4,12-13H2. The third-order valence-corrected chi connectivity index (χ3v) is 5.78. The average molecular weight is 376 g/mol. The van der Waals surface area contributed by atoms with Crippen molar-refractivity contribution >= 4 is 21.6 Å². The zero-order valence-electron chi connectivity index (χ0n) is 14.3. The van der Waals surface area contributed by atoms with Crippen molar-refractivity contribution in [1.82, 2.24) is 4.90 Å². The van der Waals surface area contributed by atoms with Crippen LogP contribution in [0.15, 0.2) is 53.4 Å². The molecular formula is C19H21FN2O3S. The highest BCUT2D eigenvalue weighted by atomic mass is 32.2. The van der Waals surface area contributed by atoms with Gasteiger partial charge in [-0.1, -0.05) is 18.9 Å². The van der Waals surface area contributed by atoms with Crippen LogP contribution in [0.25, 0.3) is 0 Å². The van der Waals surface area contributed by atoms with Crippen LogP contribution >= 0.6 is 0 Å². The number of sulfonamides is 1. The van der Waals surface area contributed by atoms with Gasteiger partial charge < -0.3 is 4.90 Å². The smallest absolute Gasteiger partial charge is 0.261 e. The Hall–Kier alpha value is -2.41. The third-order valence-electron chi connectivity index (χ3n) is 4.38. The predicted molar refractivity (Wildman–Crippen MR) is 98.0 cm³/mol. The Bertz CT molecular complexity index is 874. The van der Waals surface area contributed by atoms with Crippen molar-refractivity contribution in [2.75, 3.05) is 17.8 Å². The highest BCUT2D eigenvalue weighted by Gasteiger charge is 2.19. The summed E-state index contributed by atoms with van der Waals surface area (Å²) in [7, 11) is -3.84. The number of nitrogens with one attached hydrogen (secondary N) is 1. The predicted octanol–water partition coefficient (Wildman–Crippen LogP) is 3.64. The number of rotatable bonds is 4. The maximum Gasteiger partial charge on any atom is 0.261 e. The molecule has 1 heterocycles. The second-order valence-corrected chi connectivity index (χ2v) is 8.03. The van der Waals surface area contributed by atoms with E-state index < -0.39 is 15.8 Å². The van der Waals surface area contributed by atoms with Gasteiger partial charge >= 0.3 is 0 Å². The van der Waals surface area contributed by atoms with Crippen LogP contribution in [0.3, 0.4) is 0 Å². The van der Waals surface area contributed by atoms with Gasteiger partial charge in [-0.2, -0.15) is 0 Å². The maximum absolute atomic E-state index is 13.2. The first kappa shape index (κ1) is 18.4. The summed E-state index contributed by atoms with van der Waals surface area (Å²) < 4.78 is 40.4. The fraction of sp³-hybridized carbons (Fsp3) is 0.316. The fourth-order valence-electron chi connectivity index (χ4n) is 3.00. The number of nitrogens with zero attached hydrogens (tertiary/aromatic N) is 1. The summed E-state index contributed by atoms with van der Waals surface area (Å²) in [6.07, 6.45) is 4.25. The van der Waals surface area contributed by atoms with E-state index in [4.69, 9.17) is 0 Å². The molecule has 0 atom stereocenters. The van der Waals surface area contributed by atoms with Gasteiger partial charge in [0.1, 0.15) is 5.82 Å². The molecule has 2 aromatic rings. The topological polar surface area (TPSA) is 66.5 Å². The lowest BCUT2D eigenvalue weighted by Gasteiger charge is -2.20. The van der Waals surface area contributed by atoms with Crippen molar-refractivity contribution in [1.29, 1.82) is 0 Å². The minimum absolute atomic E-state index is 0.0224. The van der Waals surface area contributed by atoms with Gasteiger partial charge in [0.05, 0.1) is 10.6 Å². The van der Waals surface area contributed by atoms with Crippen LogP contribution in [-0.4, -0.2) is 32.3 Å². The molecule has 26 heavy (non-hydrogen) atoms. The highest BCUT2D eigenvalue weighted by Crippen LogP contribution is 2.19. The van der Waals surface area contributed by atoms with Gasteiger partial charge in [-0.05, 0) is 55.3 Å². The average Bonchev–Trinajstić information content (AvgIpc) is 2.90. The minimum Gasteiger partial charge on any atom is -0.339 e. The molecule has 138 valence electrons. The SMILES string of the molecule is O=C(c1ccc(S(=O)(=O)Nc2cccc(F)c2)cc1)N1CCCCCC1. The number of halogens is 1. The Labute approximate surface area is 152 Å². The van der Waals surface area contributed by atoms with Gasteiger partial charge in [0.15, 0.2) is 0 Å². The molecule has 2 aromatic carbocycles. The number of anilines is 1. The summed E-state index contributed by atoms with van der Waals surface area (Å²) in [4.78, 5) is 14.4. The molecule has 1 saturated heterocycles. The molecule has 0 saturated carbocycles. The molecule has 7 heteroatoms. The summed E-state index contributed by atoms with van der Waals surface area (Å²) >= 11 is 0. The number of likely N-dealkylation sites (tertiary alicyclic amines) is 1. The third kappa shape index (κ3) is 4.40. The van der Waals surface area contributed by atoms with E-state index in [-0.39, 0.29) is 16.5 Å². The molecule has 3 rings (SSSR count). The normalized spacial score (nSPS) is 15.3. The quantitative estimate of drug-likeness (QED) is 0.886. The van der Waals surface area contributed by atoms with Crippen LogP contribution in [0.2, 0.25) is 0 Å². The van der Waals surface area contributed by atoms with Gasteiger partial charge in [0.25, 0.3) is 15.9 Å². The Kier molecular flexibility index (Phi) is 5.56. The number of hydrogen-bond acceptors (Lipinski definition) is 3. The molecule has 1 N–H and O–H groups in total. The molecule has 0 aromatic heterocycles. The van der Waals surface area contributed by atoms with E-state index in [0.717, 1.165) is 44.8 Å². The van der Waals surface area contributed by atoms with E-state index in [1.807, 2.05) is 4.90 Å². The molecule has 0 bridgehead atoms. The molecule has 0 spiro atoms. The van der Waals surface area contributed by atoms with Crippen LogP contribution in [0.5, 0.6) is 0 Å². The van der Waals surface area contributed by atoms with Crippen molar-refractivity contribution in [3.05, 3.63) is 59.9 Å². The second-order valence-electron chi connectivity index (χ2n) is 6.35. The van der Waals surface area contributed by atoms with Gasteiger partial charge in [-0.25, -0.2) is 12.8 Å². The summed E-state index contributed by atoms with van der Waals surface area (Å²) in [5.74, 6) is -0.600. The number of hydrogen-bond donors (Lipinski definition) is 1. The maximum atomic E-state index is 13.2. The number of carbonyl (C=O) groups excluding carboxylic acids is 1. The lowest BCUT2D eigenvalue weighted by molar-refractivity contribution is 0.0761. The molecule has 0 radical (unpaired) electrons. The lowest BCUT2D eigenvalue weighted by Crippen LogP contribution is -2.31. The van der Waals surface area contributed by atoms with E-state index >= 15 is 0 Å². The first-order valence-electron chi connectivity index (χ1n) is 8.63. The van der Waals surface area contributed by atoms with Crippen LogP contribution in [0, 0.1) is 5.82 Å². The Morgan fingerprint density at radius 2 is 1.62 bits per heavy atom. The molecular weight excluding hydrogens is 355 g/mol. The Morgan fingerprint density at radius 1 is 0.962 bits per heavy atom. The number of amides is 1. The molecule has 1 fully saturated rings. The lowest BCUT2D eigenvalue weighted by atomic mass is 10.2. The first-order valence-corrected chi connectivity index (χ1v) is 10.1. The van der Waals surface area contributed by atoms with Crippen LogP contribution in [0.4, 0.5) is 10.1 Å². The summed E-state index contributed by atoms with van der Waals surface area (Å²) in [5, 5.41) is 0. The number of carbonyl (C=O) groups is 1. The van der Waals surface area contributed by atoms with Gasteiger partial charge in [0, 0.05) is 18.7 Å². The van der Waals surface area contributed by atoms with Crippen molar-refractivity contribution in [2.24, 2.45) is 0 Å². The molecule has 1 aliphatic heterocycles. The highest BCUT2D eigenvalue weighted by molar-refractivity contribution is 7.92. The Balaban J connectivity index is 1.74. The van der Waals surface area contributed by atoms with Crippen molar-refractivity contribution < 1.29 is 17.6 Å². The molecule has 0 unspecified atom stereocenters. The molecule has 1 amide bonds. The fourth-order valence-corrected chi connectivity index (χ4v) is 4.05. The zero-order valence-corrected chi connectivity index (χ0v) is 15.1. The first-order chi connectivity index (χ1) is 12.5. The van der Waals surface area contributed by atoms with E-state index in [1.165, 1.54) is 42.5 Å². The minimum atomic E-state index is -3.84. The molecule has 1 aliphatic rings. The summed E-state index contributed by atoms with van der Waals surface area (Å²) in [6.45, 7) is 1.47. The van der Waals surface area contributed by atoms with Crippen molar-refractivity contribution in [3.8, 4) is 0 Å². The van der Waals surface area contributed by atoms with Crippen molar-refractivity contribution in [3.63, 3.8) is 0 Å².